The Kier molecular flexibility index (Phi) is 6.72. The first kappa shape index (κ1) is 27.2. The summed E-state index contributed by atoms with van der Waals surface area (Å²) in [7, 11) is 0. The molecule has 2 aromatic heterocycles. The maximum atomic E-state index is 9.26. The van der Waals surface area contributed by atoms with Crippen LogP contribution in [0.1, 0.15) is 49.7 Å². The lowest BCUT2D eigenvalue weighted by molar-refractivity contribution is 0.483. The fourth-order valence-corrected chi connectivity index (χ4v) is 8.67. The first-order valence-corrected chi connectivity index (χ1v) is 21.0. The monoisotopic (exact) mass is 841 g/mol. The van der Waals surface area contributed by atoms with E-state index in [-0.39, 0.29) is 40.2 Å². The lowest BCUT2D eigenvalue weighted by Crippen LogP contribution is -2.25. The van der Waals surface area contributed by atoms with Gasteiger partial charge in [0.1, 0.15) is 24.0 Å². The zero-order valence-electron chi connectivity index (χ0n) is 48.3. The van der Waals surface area contributed by atoms with Gasteiger partial charge in [-0.2, -0.15) is 0 Å². The van der Waals surface area contributed by atoms with Gasteiger partial charge in [-0.15, -0.1) is 0 Å². The maximum Gasteiger partial charge on any atom is 0.138 e. The number of nitrogens with zero attached hydrogens (tertiary/aromatic N) is 4. The van der Waals surface area contributed by atoms with Gasteiger partial charge in [0.15, 0.2) is 0 Å². The van der Waals surface area contributed by atoms with Crippen LogP contribution in [-0.2, 0) is 5.41 Å². The van der Waals surface area contributed by atoms with Crippen molar-refractivity contribution in [3.63, 3.8) is 0 Å². The Balaban J connectivity index is 1.05. The van der Waals surface area contributed by atoms with Gasteiger partial charge in [0, 0.05) is 50.0 Å². The first-order valence-electron chi connectivity index (χ1n) is 27.5. The smallest absolute Gasteiger partial charge is 0.138 e. The van der Waals surface area contributed by atoms with Crippen molar-refractivity contribution in [3.05, 3.63) is 217 Å². The number of aromatic nitrogens is 2. The molecule has 0 amide bonds. The van der Waals surface area contributed by atoms with Gasteiger partial charge in [-0.05, 0) is 106 Å². The molecule has 0 N–H and O–H groups in total. The molecule has 3 heterocycles. The van der Waals surface area contributed by atoms with E-state index in [0.717, 1.165) is 33.1 Å². The van der Waals surface area contributed by atoms with E-state index in [1.54, 1.807) is 12.1 Å². The first-order chi connectivity index (χ1) is 36.6. The van der Waals surface area contributed by atoms with Crippen molar-refractivity contribution in [3.8, 4) is 50.7 Å². The largest absolute Gasteiger partial charge is 0.457 e. The van der Waals surface area contributed by atoms with Gasteiger partial charge in [0.05, 0.1) is 41.8 Å². The van der Waals surface area contributed by atoms with Gasteiger partial charge in [-0.3, -0.25) is 4.57 Å². The fourth-order valence-electron chi connectivity index (χ4n) is 8.67. The van der Waals surface area contributed by atoms with Crippen LogP contribution in [0, 0.1) is 6.85 Å². The van der Waals surface area contributed by atoms with Gasteiger partial charge in [0.2, 0.25) is 0 Å². The molecule has 0 unspecified atom stereocenters. The van der Waals surface area contributed by atoms with Crippen molar-refractivity contribution in [1.82, 2.24) is 9.55 Å². The third-order valence-electron chi connectivity index (χ3n) is 11.7. The minimum absolute atomic E-state index is 0.0690. The van der Waals surface area contributed by atoms with Crippen LogP contribution in [0.5, 0.6) is 11.5 Å². The third kappa shape index (κ3) is 6.96. The summed E-state index contributed by atoms with van der Waals surface area (Å²) in [5.74, 6) is 1.52. The van der Waals surface area contributed by atoms with Crippen molar-refractivity contribution < 1.29 is 22.6 Å². The van der Waals surface area contributed by atoms with Crippen molar-refractivity contribution in [2.24, 2.45) is 0 Å². The number of para-hydroxylation sites is 3. The average Bonchev–Trinajstić information content (AvgIpc) is 4.03. The van der Waals surface area contributed by atoms with Gasteiger partial charge >= 0.3 is 0 Å². The molecule has 1 aliphatic heterocycles. The Morgan fingerprint density at radius 1 is 0.562 bits per heavy atom. The standard InChI is InChI=1S/C59H48N4O/c1-40-38-60-57(37-50(40)41-19-8-5-9-20-41)63-53-28-15-14-27-48(53)49-32-31-47(36-56(49)63)64-46-26-18-25-45(35-46)61-39-62(55-30-17-16-29-54(55)61)58-51(42-21-10-6-11-22-42)33-44(59(2,3)4)34-52(58)43-23-12-7-13-24-43/h5-38H,39H2,1-4H3/i1D3,6D,7D,10D,11D,12D,13D,21D,22D,23D,24D. The zero-order chi connectivity index (χ0) is 54.6. The summed E-state index contributed by atoms with van der Waals surface area (Å²) >= 11 is 0. The molecule has 0 spiro atoms. The number of ether oxygens (including phenoxy) is 1. The molecule has 5 nitrogen and oxygen atoms in total. The number of anilines is 4. The summed E-state index contributed by atoms with van der Waals surface area (Å²) < 4.78 is 123. The van der Waals surface area contributed by atoms with Crippen LogP contribution in [0.4, 0.5) is 22.7 Å². The van der Waals surface area contributed by atoms with E-state index in [0.29, 0.717) is 39.8 Å². The molecule has 0 atom stereocenters. The number of aryl methyl sites for hydroxylation is 1. The predicted octanol–water partition coefficient (Wildman–Crippen LogP) is 15.8. The minimum atomic E-state index is -2.41. The third-order valence-corrected chi connectivity index (χ3v) is 11.7. The Hall–Kier alpha value is -7.89. The van der Waals surface area contributed by atoms with E-state index < -0.39 is 72.7 Å². The molecule has 5 heteroatoms. The summed E-state index contributed by atoms with van der Waals surface area (Å²) in [6.07, 6.45) is 1.43. The van der Waals surface area contributed by atoms with E-state index in [1.165, 1.54) is 6.20 Å². The Morgan fingerprint density at radius 2 is 1.20 bits per heavy atom. The molecule has 0 saturated carbocycles. The Morgan fingerprint density at radius 3 is 1.91 bits per heavy atom. The number of rotatable bonds is 8. The lowest BCUT2D eigenvalue weighted by atomic mass is 9.82. The van der Waals surface area contributed by atoms with Gasteiger partial charge < -0.3 is 14.5 Å². The van der Waals surface area contributed by atoms with Crippen LogP contribution in [0.3, 0.4) is 0 Å². The molecule has 0 radical (unpaired) electrons. The highest BCUT2D eigenvalue weighted by molar-refractivity contribution is 6.09. The van der Waals surface area contributed by atoms with Crippen molar-refractivity contribution in [1.29, 1.82) is 0 Å². The quantitative estimate of drug-likeness (QED) is 0.153. The molecule has 11 rings (SSSR count). The Bertz CT molecular complexity index is 3910. The molecule has 10 aromatic rings. The number of pyridine rings is 1. The molecule has 0 saturated heterocycles. The maximum absolute atomic E-state index is 9.26. The highest BCUT2D eigenvalue weighted by atomic mass is 16.5. The second-order valence-electron chi connectivity index (χ2n) is 16.7. The lowest BCUT2D eigenvalue weighted by Gasteiger charge is -2.30. The molecule has 64 heavy (non-hydrogen) atoms. The summed E-state index contributed by atoms with van der Waals surface area (Å²) in [6.45, 7) is 3.50. The van der Waals surface area contributed by atoms with Gasteiger partial charge in [-0.1, -0.05) is 148 Å². The van der Waals surface area contributed by atoms with Crippen LogP contribution in [0.15, 0.2) is 206 Å². The second kappa shape index (κ2) is 15.8. The zero-order valence-corrected chi connectivity index (χ0v) is 35.3. The van der Waals surface area contributed by atoms with Crippen molar-refractivity contribution in [2.75, 3.05) is 16.5 Å². The summed E-state index contributed by atoms with van der Waals surface area (Å²) in [5, 5.41) is 1.90. The molecule has 8 aromatic carbocycles. The van der Waals surface area contributed by atoms with Crippen molar-refractivity contribution >= 4 is 44.6 Å². The normalized spacial score (nSPS) is 15.6. The molecule has 310 valence electrons. The van der Waals surface area contributed by atoms with Crippen LogP contribution in [0.2, 0.25) is 0 Å². The number of benzene rings is 8. The predicted molar refractivity (Wildman–Crippen MR) is 267 cm³/mol. The molecular formula is C59H48N4O. The van der Waals surface area contributed by atoms with Gasteiger partial charge in [-0.25, -0.2) is 4.98 Å². The number of fused-ring (bicyclic) bond motifs is 4. The SMILES string of the molecule is [2H]c1c([2H])c([2H])c(-c2cc(C(C)(C)C)cc(-c3c([2H])c([2H])c([2H])c([2H])c3[2H])c2N2CN(c3cccc(Oc4ccc5c6ccccc6n(-c6cc(-c7ccccc7)c(C([2H])([2H])[2H])cn6)c5c4)c3)c3ccccc32)c([2H])c1[2H]. The van der Waals surface area contributed by atoms with E-state index in [4.69, 9.17) is 22.1 Å². The highest BCUT2D eigenvalue weighted by Crippen LogP contribution is 2.51. The van der Waals surface area contributed by atoms with Crippen molar-refractivity contribution in [2.45, 2.75) is 33.0 Å². The Labute approximate surface area is 393 Å². The summed E-state index contributed by atoms with van der Waals surface area (Å²) in [6, 6.07) is 38.4. The number of hydrogen-bond donors (Lipinski definition) is 0. The topological polar surface area (TPSA) is 33.5 Å². The second-order valence-corrected chi connectivity index (χ2v) is 16.7. The molecule has 1 aliphatic rings. The van der Waals surface area contributed by atoms with E-state index >= 15 is 0 Å². The van der Waals surface area contributed by atoms with E-state index in [2.05, 4.69) is 0 Å². The summed E-state index contributed by atoms with van der Waals surface area (Å²) in [4.78, 5) is 8.68. The average molecular weight is 842 g/mol. The molecular weight excluding hydrogens is 781 g/mol. The highest BCUT2D eigenvalue weighted by Gasteiger charge is 2.32. The minimum Gasteiger partial charge on any atom is -0.457 e. The summed E-state index contributed by atoms with van der Waals surface area (Å²) in [5.41, 5.74) is 5.65. The van der Waals surface area contributed by atoms with Crippen LogP contribution in [-0.4, -0.2) is 16.2 Å². The van der Waals surface area contributed by atoms with Gasteiger partial charge in [0.25, 0.3) is 0 Å². The number of hydrogen-bond acceptors (Lipinski definition) is 4. The van der Waals surface area contributed by atoms with Crippen LogP contribution in [0.25, 0.3) is 61.0 Å². The molecule has 0 aliphatic carbocycles. The molecule has 0 fully saturated rings. The molecule has 0 bridgehead atoms. The van der Waals surface area contributed by atoms with Crippen LogP contribution < -0.4 is 14.5 Å². The van der Waals surface area contributed by atoms with E-state index in [1.807, 2.05) is 163 Å². The van der Waals surface area contributed by atoms with E-state index in [9.17, 15) is 5.48 Å². The fraction of sp³-hybridized carbons (Fsp3) is 0.102. The van der Waals surface area contributed by atoms with Crippen LogP contribution >= 0.6 is 0 Å².